The minimum atomic E-state index is -0.00705. The Morgan fingerprint density at radius 3 is 2.52 bits per heavy atom. The predicted octanol–water partition coefficient (Wildman–Crippen LogP) is 4.87. The molecular formula is C26H32N2O3. The first-order valence-electron chi connectivity index (χ1n) is 11.4. The number of nitrogens with one attached hydrogen (secondary N) is 1. The molecule has 2 aliphatic rings. The maximum absolute atomic E-state index is 13.2. The van der Waals surface area contributed by atoms with Crippen molar-refractivity contribution < 1.29 is 14.3 Å². The van der Waals surface area contributed by atoms with E-state index in [1.54, 1.807) is 19.2 Å². The first kappa shape index (κ1) is 21.4. The van der Waals surface area contributed by atoms with Crippen LogP contribution in [0.5, 0.6) is 5.75 Å². The van der Waals surface area contributed by atoms with E-state index >= 15 is 0 Å². The van der Waals surface area contributed by atoms with Gasteiger partial charge in [-0.3, -0.25) is 9.59 Å². The standard InChI is InChI=1S/C26H32N2O3/c1-18-14-22-9-8-20(17-27-25(29)16-19-6-4-3-5-7-19)15-24(22)28(18)26(30)21-10-12-23(31-2)13-11-21/h8-13,15,18-19H,3-7,14,16-17H2,1-2H3,(H,27,29)/t18-/m1/s1. The monoisotopic (exact) mass is 420 g/mol. The van der Waals surface area contributed by atoms with Gasteiger partial charge in [0, 0.05) is 30.3 Å². The van der Waals surface area contributed by atoms with Crippen molar-refractivity contribution in [3.63, 3.8) is 0 Å². The van der Waals surface area contributed by atoms with Gasteiger partial charge in [0.05, 0.1) is 7.11 Å². The molecule has 1 heterocycles. The average Bonchev–Trinajstić information content (AvgIpc) is 3.13. The molecule has 1 saturated carbocycles. The first-order chi connectivity index (χ1) is 15.0. The Morgan fingerprint density at radius 2 is 1.81 bits per heavy atom. The van der Waals surface area contributed by atoms with Gasteiger partial charge < -0.3 is 15.0 Å². The van der Waals surface area contributed by atoms with Gasteiger partial charge in [-0.05, 0) is 73.6 Å². The number of anilines is 1. The van der Waals surface area contributed by atoms with Crippen LogP contribution in [-0.4, -0.2) is 25.0 Å². The molecule has 0 radical (unpaired) electrons. The van der Waals surface area contributed by atoms with Crippen LogP contribution in [0.3, 0.4) is 0 Å². The van der Waals surface area contributed by atoms with E-state index in [1.165, 1.54) is 37.7 Å². The zero-order valence-corrected chi connectivity index (χ0v) is 18.5. The summed E-state index contributed by atoms with van der Waals surface area (Å²) in [4.78, 5) is 27.5. The molecule has 5 heteroatoms. The van der Waals surface area contributed by atoms with Crippen LogP contribution in [0.25, 0.3) is 0 Å². The molecule has 4 rings (SSSR count). The molecule has 164 valence electrons. The highest BCUT2D eigenvalue weighted by Crippen LogP contribution is 2.34. The Hall–Kier alpha value is -2.82. The highest BCUT2D eigenvalue weighted by molar-refractivity contribution is 6.07. The molecule has 0 unspecified atom stereocenters. The third-order valence-electron chi connectivity index (χ3n) is 6.61. The van der Waals surface area contributed by atoms with E-state index in [-0.39, 0.29) is 17.9 Å². The van der Waals surface area contributed by atoms with Crippen molar-refractivity contribution >= 4 is 17.5 Å². The summed E-state index contributed by atoms with van der Waals surface area (Å²) in [5.74, 6) is 1.39. The molecule has 1 atom stereocenters. The summed E-state index contributed by atoms with van der Waals surface area (Å²) in [7, 11) is 1.62. The number of methoxy groups -OCH3 is 1. The largest absolute Gasteiger partial charge is 0.497 e. The number of carbonyl (C=O) groups excluding carboxylic acids is 2. The maximum Gasteiger partial charge on any atom is 0.258 e. The average molecular weight is 421 g/mol. The Balaban J connectivity index is 1.43. The third kappa shape index (κ3) is 4.92. The van der Waals surface area contributed by atoms with E-state index in [9.17, 15) is 9.59 Å². The smallest absolute Gasteiger partial charge is 0.258 e. The maximum atomic E-state index is 13.2. The number of carbonyl (C=O) groups is 2. The van der Waals surface area contributed by atoms with Crippen LogP contribution in [0.1, 0.15) is 66.9 Å². The van der Waals surface area contributed by atoms with Gasteiger partial charge in [0.25, 0.3) is 5.91 Å². The van der Waals surface area contributed by atoms with Gasteiger partial charge in [-0.1, -0.05) is 31.4 Å². The second kappa shape index (κ2) is 9.54. The fraction of sp³-hybridized carbons (Fsp3) is 0.462. The molecule has 0 saturated heterocycles. The number of hydrogen-bond donors (Lipinski definition) is 1. The topological polar surface area (TPSA) is 58.6 Å². The molecule has 2 aromatic rings. The van der Waals surface area contributed by atoms with Crippen molar-refractivity contribution in [2.75, 3.05) is 12.0 Å². The summed E-state index contributed by atoms with van der Waals surface area (Å²) in [6, 6.07) is 13.5. The van der Waals surface area contributed by atoms with Gasteiger partial charge in [-0.15, -0.1) is 0 Å². The van der Waals surface area contributed by atoms with Crippen LogP contribution in [0.4, 0.5) is 5.69 Å². The minimum absolute atomic E-state index is 0.00705. The van der Waals surface area contributed by atoms with Gasteiger partial charge in [-0.25, -0.2) is 0 Å². The number of ether oxygens (including phenoxy) is 1. The molecule has 0 spiro atoms. The predicted molar refractivity (Wildman–Crippen MR) is 122 cm³/mol. The van der Waals surface area contributed by atoms with Crippen molar-refractivity contribution in [1.29, 1.82) is 0 Å². The molecule has 31 heavy (non-hydrogen) atoms. The number of benzene rings is 2. The number of amides is 2. The van der Waals surface area contributed by atoms with Crippen LogP contribution in [0.2, 0.25) is 0 Å². The molecule has 1 N–H and O–H groups in total. The second-order valence-electron chi connectivity index (χ2n) is 8.90. The minimum Gasteiger partial charge on any atom is -0.497 e. The van der Waals surface area contributed by atoms with E-state index in [1.807, 2.05) is 17.0 Å². The van der Waals surface area contributed by atoms with Crippen LogP contribution in [-0.2, 0) is 17.8 Å². The Labute approximate surface area is 184 Å². The van der Waals surface area contributed by atoms with Gasteiger partial charge in [0.15, 0.2) is 0 Å². The summed E-state index contributed by atoms with van der Waals surface area (Å²) in [5.41, 5.74) is 3.79. The van der Waals surface area contributed by atoms with Crippen LogP contribution >= 0.6 is 0 Å². The van der Waals surface area contributed by atoms with Crippen molar-refractivity contribution in [2.24, 2.45) is 5.92 Å². The van der Waals surface area contributed by atoms with Crippen molar-refractivity contribution in [1.82, 2.24) is 5.32 Å². The molecule has 0 aromatic heterocycles. The summed E-state index contributed by atoms with van der Waals surface area (Å²) < 4.78 is 5.20. The van der Waals surface area contributed by atoms with Crippen LogP contribution < -0.4 is 15.0 Å². The molecule has 1 fully saturated rings. The fourth-order valence-electron chi connectivity index (χ4n) is 4.87. The number of hydrogen-bond acceptors (Lipinski definition) is 3. The van der Waals surface area contributed by atoms with Crippen molar-refractivity contribution in [3.8, 4) is 5.75 Å². The lowest BCUT2D eigenvalue weighted by Crippen LogP contribution is -2.35. The van der Waals surface area contributed by atoms with Crippen LogP contribution in [0, 0.1) is 5.92 Å². The molecule has 2 aromatic carbocycles. The van der Waals surface area contributed by atoms with Gasteiger partial charge in [0.1, 0.15) is 5.75 Å². The van der Waals surface area contributed by atoms with Crippen LogP contribution in [0.15, 0.2) is 42.5 Å². The van der Waals surface area contributed by atoms with E-state index in [0.29, 0.717) is 24.4 Å². The van der Waals surface area contributed by atoms with E-state index in [2.05, 4.69) is 30.4 Å². The summed E-state index contributed by atoms with van der Waals surface area (Å²) in [6.07, 6.45) is 7.62. The Bertz CT molecular complexity index is 932. The van der Waals surface area contributed by atoms with Gasteiger partial charge in [-0.2, -0.15) is 0 Å². The van der Waals surface area contributed by atoms with Crippen molar-refractivity contribution in [2.45, 2.75) is 64.5 Å². The quantitative estimate of drug-likeness (QED) is 0.725. The molecule has 2 amide bonds. The van der Waals surface area contributed by atoms with Gasteiger partial charge >= 0.3 is 0 Å². The number of rotatable bonds is 6. The number of nitrogens with zero attached hydrogens (tertiary/aromatic N) is 1. The molecule has 1 aliphatic carbocycles. The molecular weight excluding hydrogens is 388 g/mol. The lowest BCUT2D eigenvalue weighted by Gasteiger charge is -2.23. The molecule has 5 nitrogen and oxygen atoms in total. The molecule has 0 bridgehead atoms. The van der Waals surface area contributed by atoms with E-state index in [0.717, 1.165) is 23.4 Å². The van der Waals surface area contributed by atoms with E-state index < -0.39 is 0 Å². The lowest BCUT2D eigenvalue weighted by atomic mass is 9.87. The summed E-state index contributed by atoms with van der Waals surface area (Å²) in [6.45, 7) is 2.57. The first-order valence-corrected chi connectivity index (χ1v) is 11.4. The zero-order valence-electron chi connectivity index (χ0n) is 18.5. The van der Waals surface area contributed by atoms with Crippen molar-refractivity contribution in [3.05, 3.63) is 59.2 Å². The summed E-state index contributed by atoms with van der Waals surface area (Å²) in [5, 5.41) is 3.08. The molecule has 1 aliphatic heterocycles. The Morgan fingerprint density at radius 1 is 1.06 bits per heavy atom. The number of fused-ring (bicyclic) bond motifs is 1. The second-order valence-corrected chi connectivity index (χ2v) is 8.90. The normalized spacial score (nSPS) is 18.5. The SMILES string of the molecule is COc1ccc(C(=O)N2c3cc(CNC(=O)CC4CCCCC4)ccc3C[C@H]2C)cc1. The highest BCUT2D eigenvalue weighted by atomic mass is 16.5. The highest BCUT2D eigenvalue weighted by Gasteiger charge is 2.31. The lowest BCUT2D eigenvalue weighted by molar-refractivity contribution is -0.122. The summed E-state index contributed by atoms with van der Waals surface area (Å²) >= 11 is 0. The van der Waals surface area contributed by atoms with E-state index in [4.69, 9.17) is 4.74 Å². The fourth-order valence-corrected chi connectivity index (χ4v) is 4.87. The van der Waals surface area contributed by atoms with Gasteiger partial charge in [0.2, 0.25) is 5.91 Å². The third-order valence-corrected chi connectivity index (χ3v) is 6.61. The zero-order chi connectivity index (χ0) is 21.8. The Kier molecular flexibility index (Phi) is 6.59.